The second-order valence-corrected chi connectivity index (χ2v) is 4.94. The van der Waals surface area contributed by atoms with Crippen LogP contribution in [0.15, 0.2) is 66.9 Å². The van der Waals surface area contributed by atoms with E-state index in [-0.39, 0.29) is 0 Å². The van der Waals surface area contributed by atoms with E-state index in [9.17, 15) is 0 Å². The number of nitrogens with zero attached hydrogens (tertiary/aromatic N) is 2. The standard InChI is InChI=1S/C18H17N2/c1-15-19-12-13-20(15)14-18(16-8-4-2-5-9-16)17-10-6-3-7-11-17/h2-11,13,18H,14H2,1H3. The molecule has 3 aromatic rings. The normalized spacial score (nSPS) is 10.9. The molecule has 0 bridgehead atoms. The number of hydrogen-bond acceptors (Lipinski definition) is 1. The molecule has 0 saturated heterocycles. The van der Waals surface area contributed by atoms with Crippen molar-refractivity contribution >= 4 is 0 Å². The van der Waals surface area contributed by atoms with Gasteiger partial charge in [-0.15, -0.1) is 0 Å². The summed E-state index contributed by atoms with van der Waals surface area (Å²) in [5.74, 6) is 1.33. The summed E-state index contributed by atoms with van der Waals surface area (Å²) in [6.45, 7) is 2.90. The third-order valence-corrected chi connectivity index (χ3v) is 3.64. The van der Waals surface area contributed by atoms with E-state index < -0.39 is 0 Å². The summed E-state index contributed by atoms with van der Waals surface area (Å²) in [4.78, 5) is 4.19. The average Bonchev–Trinajstić information content (AvgIpc) is 2.92. The van der Waals surface area contributed by atoms with Gasteiger partial charge in [-0.3, -0.25) is 0 Å². The van der Waals surface area contributed by atoms with E-state index in [0.717, 1.165) is 12.4 Å². The van der Waals surface area contributed by atoms with Gasteiger partial charge in [-0.05, 0) is 18.1 Å². The predicted molar refractivity (Wildman–Crippen MR) is 80.5 cm³/mol. The third-order valence-electron chi connectivity index (χ3n) is 3.64. The van der Waals surface area contributed by atoms with Crippen molar-refractivity contribution in [2.75, 3.05) is 0 Å². The summed E-state index contributed by atoms with van der Waals surface area (Å²) in [5, 5.41) is 0. The monoisotopic (exact) mass is 261 g/mol. The van der Waals surface area contributed by atoms with Gasteiger partial charge < -0.3 is 4.57 Å². The molecule has 0 aliphatic heterocycles. The maximum atomic E-state index is 4.19. The summed E-state index contributed by atoms with van der Waals surface area (Å²) in [5.41, 5.74) is 2.65. The van der Waals surface area contributed by atoms with E-state index in [4.69, 9.17) is 0 Å². The van der Waals surface area contributed by atoms with E-state index in [2.05, 4.69) is 76.4 Å². The highest BCUT2D eigenvalue weighted by Gasteiger charge is 2.15. The Kier molecular flexibility index (Phi) is 3.64. The second kappa shape index (κ2) is 5.74. The summed E-state index contributed by atoms with van der Waals surface area (Å²) < 4.78 is 2.16. The first-order valence-electron chi connectivity index (χ1n) is 6.84. The number of hydrogen-bond donors (Lipinski definition) is 0. The van der Waals surface area contributed by atoms with Crippen molar-refractivity contribution in [3.05, 3.63) is 90.0 Å². The molecule has 2 heteroatoms. The van der Waals surface area contributed by atoms with Gasteiger partial charge in [-0.25, -0.2) is 4.98 Å². The smallest absolute Gasteiger partial charge is 0.109 e. The molecular weight excluding hydrogens is 244 g/mol. The quantitative estimate of drug-likeness (QED) is 0.698. The number of imidazole rings is 1. The van der Waals surface area contributed by atoms with Gasteiger partial charge in [0, 0.05) is 18.7 Å². The zero-order valence-corrected chi connectivity index (χ0v) is 11.5. The Balaban J connectivity index is 1.98. The first-order valence-corrected chi connectivity index (χ1v) is 6.84. The van der Waals surface area contributed by atoms with Gasteiger partial charge in [-0.2, -0.15) is 0 Å². The van der Waals surface area contributed by atoms with Crippen LogP contribution in [0.5, 0.6) is 0 Å². The molecule has 0 N–H and O–H groups in total. The van der Waals surface area contributed by atoms with Gasteiger partial charge in [0.15, 0.2) is 0 Å². The Labute approximate surface area is 119 Å². The number of benzene rings is 2. The lowest BCUT2D eigenvalue weighted by atomic mass is 9.91. The van der Waals surface area contributed by atoms with Crippen molar-refractivity contribution in [3.8, 4) is 0 Å². The molecule has 3 rings (SSSR count). The zero-order valence-electron chi connectivity index (χ0n) is 11.5. The molecule has 1 heterocycles. The maximum Gasteiger partial charge on any atom is 0.109 e. The summed E-state index contributed by atoms with van der Waals surface area (Å²) >= 11 is 0. The Morgan fingerprint density at radius 3 is 1.95 bits per heavy atom. The highest BCUT2D eigenvalue weighted by Crippen LogP contribution is 2.26. The lowest BCUT2D eigenvalue weighted by molar-refractivity contribution is 0.608. The number of aryl methyl sites for hydroxylation is 1. The molecular formula is C18H17N2. The van der Waals surface area contributed by atoms with E-state index in [1.807, 2.05) is 13.1 Å². The van der Waals surface area contributed by atoms with Crippen LogP contribution < -0.4 is 0 Å². The predicted octanol–water partition coefficient (Wildman–Crippen LogP) is 3.82. The van der Waals surface area contributed by atoms with Crippen LogP contribution in [0.2, 0.25) is 0 Å². The Morgan fingerprint density at radius 2 is 1.50 bits per heavy atom. The topological polar surface area (TPSA) is 17.8 Å². The fourth-order valence-corrected chi connectivity index (χ4v) is 2.51. The third kappa shape index (κ3) is 2.64. The van der Waals surface area contributed by atoms with Crippen molar-refractivity contribution in [3.63, 3.8) is 0 Å². The van der Waals surface area contributed by atoms with Gasteiger partial charge >= 0.3 is 0 Å². The van der Waals surface area contributed by atoms with E-state index >= 15 is 0 Å². The van der Waals surface area contributed by atoms with Crippen LogP contribution in [0.4, 0.5) is 0 Å². The first-order chi connectivity index (χ1) is 9.84. The molecule has 2 nitrogen and oxygen atoms in total. The van der Waals surface area contributed by atoms with Crippen molar-refractivity contribution in [2.24, 2.45) is 0 Å². The molecule has 1 radical (unpaired) electrons. The minimum absolute atomic E-state index is 0.332. The van der Waals surface area contributed by atoms with Crippen LogP contribution in [0, 0.1) is 13.1 Å². The van der Waals surface area contributed by atoms with Crippen LogP contribution in [-0.2, 0) is 6.54 Å². The van der Waals surface area contributed by atoms with Crippen LogP contribution in [0.1, 0.15) is 22.9 Å². The molecule has 0 fully saturated rings. The van der Waals surface area contributed by atoms with Gasteiger partial charge in [0.25, 0.3) is 0 Å². The molecule has 0 saturated carbocycles. The van der Waals surface area contributed by atoms with E-state index in [0.29, 0.717) is 5.92 Å². The van der Waals surface area contributed by atoms with Crippen molar-refractivity contribution in [1.29, 1.82) is 0 Å². The fourth-order valence-electron chi connectivity index (χ4n) is 2.51. The summed E-state index contributed by atoms with van der Waals surface area (Å²) in [6.07, 6.45) is 4.84. The average molecular weight is 261 g/mol. The summed E-state index contributed by atoms with van der Waals surface area (Å²) in [7, 11) is 0. The molecule has 20 heavy (non-hydrogen) atoms. The lowest BCUT2D eigenvalue weighted by Gasteiger charge is -2.19. The lowest BCUT2D eigenvalue weighted by Crippen LogP contribution is -2.11. The molecule has 99 valence electrons. The molecule has 0 atom stereocenters. The van der Waals surface area contributed by atoms with Crippen LogP contribution in [-0.4, -0.2) is 9.55 Å². The Morgan fingerprint density at radius 1 is 0.950 bits per heavy atom. The molecule has 0 aliphatic carbocycles. The first kappa shape index (κ1) is 12.7. The molecule has 1 aromatic heterocycles. The number of aromatic nitrogens is 2. The van der Waals surface area contributed by atoms with Crippen molar-refractivity contribution < 1.29 is 0 Å². The van der Waals surface area contributed by atoms with Crippen molar-refractivity contribution in [2.45, 2.75) is 19.4 Å². The van der Waals surface area contributed by atoms with E-state index in [1.54, 1.807) is 0 Å². The molecule has 0 aliphatic rings. The Bertz CT molecular complexity index is 617. The highest BCUT2D eigenvalue weighted by atomic mass is 15.1. The second-order valence-electron chi connectivity index (χ2n) is 4.94. The minimum atomic E-state index is 0.332. The van der Waals surface area contributed by atoms with Crippen LogP contribution in [0.3, 0.4) is 0 Å². The van der Waals surface area contributed by atoms with Crippen LogP contribution >= 0.6 is 0 Å². The minimum Gasteiger partial charge on any atom is -0.333 e. The van der Waals surface area contributed by atoms with Gasteiger partial charge in [0.1, 0.15) is 12.0 Å². The van der Waals surface area contributed by atoms with Gasteiger partial charge in [0.2, 0.25) is 0 Å². The largest absolute Gasteiger partial charge is 0.333 e. The van der Waals surface area contributed by atoms with Crippen molar-refractivity contribution in [1.82, 2.24) is 9.55 Å². The molecule has 0 unspecified atom stereocenters. The highest BCUT2D eigenvalue weighted by molar-refractivity contribution is 5.32. The zero-order chi connectivity index (χ0) is 13.8. The molecule has 0 amide bonds. The van der Waals surface area contributed by atoms with E-state index in [1.165, 1.54) is 11.1 Å². The SMILES string of the molecule is Cc1n[c]cn1CC(c1ccccc1)c1ccccc1. The Hall–Kier alpha value is -2.35. The molecule has 2 aromatic carbocycles. The summed E-state index contributed by atoms with van der Waals surface area (Å²) in [6, 6.07) is 21.2. The van der Waals surface area contributed by atoms with Gasteiger partial charge in [-0.1, -0.05) is 60.7 Å². The fraction of sp³-hybridized carbons (Fsp3) is 0.167. The maximum absolute atomic E-state index is 4.19. The number of rotatable bonds is 4. The van der Waals surface area contributed by atoms with Gasteiger partial charge in [0.05, 0.1) is 0 Å². The molecule has 0 spiro atoms. The van der Waals surface area contributed by atoms with Crippen LogP contribution in [0.25, 0.3) is 0 Å².